The number of piperazine rings is 1. The maximum absolute atomic E-state index is 12.3. The minimum absolute atomic E-state index is 0.00928. The molecular formula is C23H29ClN4O4. The van der Waals surface area contributed by atoms with Crippen molar-refractivity contribution in [2.75, 3.05) is 36.4 Å². The van der Waals surface area contributed by atoms with Crippen molar-refractivity contribution < 1.29 is 14.5 Å². The van der Waals surface area contributed by atoms with Crippen molar-refractivity contribution in [3.05, 3.63) is 63.2 Å². The number of carbonyl (C=O) groups excluding carboxylic acids is 1. The molecule has 0 radical (unpaired) electrons. The molecule has 1 saturated heterocycles. The van der Waals surface area contributed by atoms with Gasteiger partial charge in [0.05, 0.1) is 4.92 Å². The molecule has 172 valence electrons. The molecule has 2 aromatic rings. The summed E-state index contributed by atoms with van der Waals surface area (Å²) in [6, 6.07) is 12.3. The molecule has 1 aliphatic heterocycles. The maximum Gasteiger partial charge on any atom is 0.410 e. The fraction of sp³-hybridized carbons (Fsp3) is 0.435. The molecule has 0 aromatic heterocycles. The Bertz CT molecular complexity index is 984. The summed E-state index contributed by atoms with van der Waals surface area (Å²) in [5, 5.41) is 15.5. The van der Waals surface area contributed by atoms with Crippen LogP contribution < -0.4 is 10.2 Å². The Labute approximate surface area is 193 Å². The molecule has 1 unspecified atom stereocenters. The average molecular weight is 461 g/mol. The number of amides is 1. The Hall–Kier alpha value is -3.00. The lowest BCUT2D eigenvalue weighted by atomic mass is 10.1. The zero-order valence-electron chi connectivity index (χ0n) is 18.8. The van der Waals surface area contributed by atoms with Crippen LogP contribution in [0.15, 0.2) is 42.5 Å². The highest BCUT2D eigenvalue weighted by Gasteiger charge is 2.27. The van der Waals surface area contributed by atoms with Crippen LogP contribution in [0.1, 0.15) is 39.3 Å². The number of halogens is 1. The third kappa shape index (κ3) is 6.03. The van der Waals surface area contributed by atoms with Crippen LogP contribution in [0.3, 0.4) is 0 Å². The van der Waals surface area contributed by atoms with Gasteiger partial charge in [-0.15, -0.1) is 0 Å². The van der Waals surface area contributed by atoms with Crippen molar-refractivity contribution in [1.29, 1.82) is 0 Å². The molecule has 0 bridgehead atoms. The Kier molecular flexibility index (Phi) is 7.13. The van der Waals surface area contributed by atoms with Gasteiger partial charge in [0.25, 0.3) is 5.69 Å². The van der Waals surface area contributed by atoms with E-state index in [0.717, 1.165) is 11.3 Å². The maximum atomic E-state index is 12.3. The van der Waals surface area contributed by atoms with Crippen molar-refractivity contribution in [3.8, 4) is 0 Å². The molecule has 1 N–H and O–H groups in total. The quantitative estimate of drug-likeness (QED) is 0.469. The van der Waals surface area contributed by atoms with Crippen LogP contribution in [-0.2, 0) is 4.74 Å². The monoisotopic (exact) mass is 460 g/mol. The molecule has 0 spiro atoms. The number of ether oxygens (including phenoxy) is 1. The van der Waals surface area contributed by atoms with Gasteiger partial charge in [-0.3, -0.25) is 10.1 Å². The Morgan fingerprint density at radius 2 is 1.84 bits per heavy atom. The van der Waals surface area contributed by atoms with Gasteiger partial charge in [-0.05, 0) is 57.5 Å². The van der Waals surface area contributed by atoms with Gasteiger partial charge < -0.3 is 19.9 Å². The van der Waals surface area contributed by atoms with Crippen LogP contribution in [0.4, 0.5) is 21.9 Å². The van der Waals surface area contributed by atoms with Gasteiger partial charge in [-0.1, -0.05) is 23.7 Å². The SMILES string of the molecule is CC(Nc1cc(N2CCN(C(=O)OC(C)(C)C)CC2)ccc1[N+](=O)[O-])c1cccc(Cl)c1. The van der Waals surface area contributed by atoms with Crippen LogP contribution in [-0.4, -0.2) is 47.7 Å². The van der Waals surface area contributed by atoms with Crippen LogP contribution in [0, 0.1) is 10.1 Å². The molecule has 0 aliphatic carbocycles. The second kappa shape index (κ2) is 9.65. The third-order valence-corrected chi connectivity index (χ3v) is 5.43. The van der Waals surface area contributed by atoms with Crippen LogP contribution in [0.2, 0.25) is 5.02 Å². The Morgan fingerprint density at radius 1 is 1.16 bits per heavy atom. The zero-order valence-corrected chi connectivity index (χ0v) is 19.6. The van der Waals surface area contributed by atoms with Gasteiger partial charge in [0.15, 0.2) is 0 Å². The lowest BCUT2D eigenvalue weighted by Gasteiger charge is -2.36. The highest BCUT2D eigenvalue weighted by molar-refractivity contribution is 6.30. The fourth-order valence-corrected chi connectivity index (χ4v) is 3.76. The predicted molar refractivity (Wildman–Crippen MR) is 127 cm³/mol. The summed E-state index contributed by atoms with van der Waals surface area (Å²) in [6.45, 7) is 9.73. The van der Waals surface area contributed by atoms with Crippen molar-refractivity contribution >= 4 is 34.8 Å². The Morgan fingerprint density at radius 3 is 2.44 bits per heavy atom. The van der Waals surface area contributed by atoms with E-state index in [2.05, 4.69) is 10.2 Å². The zero-order chi connectivity index (χ0) is 23.5. The van der Waals surface area contributed by atoms with E-state index in [1.165, 1.54) is 6.07 Å². The molecule has 8 nitrogen and oxygen atoms in total. The first kappa shape index (κ1) is 23.7. The molecule has 1 atom stereocenters. The van der Waals surface area contributed by atoms with E-state index in [9.17, 15) is 14.9 Å². The molecule has 1 amide bonds. The minimum atomic E-state index is -0.535. The molecular weight excluding hydrogens is 432 g/mol. The van der Waals surface area contributed by atoms with Crippen LogP contribution in [0.25, 0.3) is 0 Å². The highest BCUT2D eigenvalue weighted by atomic mass is 35.5. The number of nitro benzene ring substituents is 1. The lowest BCUT2D eigenvalue weighted by molar-refractivity contribution is -0.384. The normalized spacial score (nSPS) is 15.3. The summed E-state index contributed by atoms with van der Waals surface area (Å²) < 4.78 is 5.45. The smallest absolute Gasteiger partial charge is 0.410 e. The van der Waals surface area contributed by atoms with E-state index in [-0.39, 0.29) is 17.8 Å². The van der Waals surface area contributed by atoms with Gasteiger partial charge in [-0.2, -0.15) is 0 Å². The number of nitro groups is 1. The summed E-state index contributed by atoms with van der Waals surface area (Å²) >= 11 is 6.09. The Balaban J connectivity index is 1.73. The van der Waals surface area contributed by atoms with E-state index < -0.39 is 10.5 Å². The first-order chi connectivity index (χ1) is 15.0. The third-order valence-electron chi connectivity index (χ3n) is 5.19. The van der Waals surface area contributed by atoms with Gasteiger partial charge in [0, 0.05) is 49.0 Å². The van der Waals surface area contributed by atoms with Crippen LogP contribution >= 0.6 is 11.6 Å². The summed E-state index contributed by atoms with van der Waals surface area (Å²) in [5.74, 6) is 0. The number of nitrogens with zero attached hydrogens (tertiary/aromatic N) is 3. The van der Waals surface area contributed by atoms with Gasteiger partial charge in [0.2, 0.25) is 0 Å². The number of carbonyl (C=O) groups is 1. The largest absolute Gasteiger partial charge is 0.444 e. The molecule has 1 heterocycles. The van der Waals surface area contributed by atoms with E-state index >= 15 is 0 Å². The summed E-state index contributed by atoms with van der Waals surface area (Å²) in [4.78, 5) is 27.3. The van der Waals surface area contributed by atoms with Gasteiger partial charge in [-0.25, -0.2) is 4.79 Å². The number of benzene rings is 2. The van der Waals surface area contributed by atoms with Crippen LogP contribution in [0.5, 0.6) is 0 Å². The number of rotatable bonds is 5. The minimum Gasteiger partial charge on any atom is -0.444 e. The van der Waals surface area contributed by atoms with E-state index in [1.807, 2.05) is 45.9 Å². The first-order valence-corrected chi connectivity index (χ1v) is 10.9. The topological polar surface area (TPSA) is 88.0 Å². The first-order valence-electron chi connectivity index (χ1n) is 10.6. The average Bonchev–Trinajstić information content (AvgIpc) is 2.72. The molecule has 32 heavy (non-hydrogen) atoms. The number of hydrogen-bond acceptors (Lipinski definition) is 6. The second-order valence-electron chi connectivity index (χ2n) is 8.83. The van der Waals surface area contributed by atoms with E-state index in [1.54, 1.807) is 23.1 Å². The van der Waals surface area contributed by atoms with Crippen molar-refractivity contribution in [1.82, 2.24) is 4.90 Å². The van der Waals surface area contributed by atoms with Gasteiger partial charge in [0.1, 0.15) is 11.3 Å². The van der Waals surface area contributed by atoms with Crippen molar-refractivity contribution in [2.24, 2.45) is 0 Å². The summed E-state index contributed by atoms with van der Waals surface area (Å²) in [7, 11) is 0. The molecule has 1 aliphatic rings. The summed E-state index contributed by atoms with van der Waals surface area (Å²) in [5.41, 5.74) is 1.71. The fourth-order valence-electron chi connectivity index (χ4n) is 3.56. The summed E-state index contributed by atoms with van der Waals surface area (Å²) in [6.07, 6.45) is -0.321. The number of anilines is 2. The molecule has 9 heteroatoms. The standard InChI is InChI=1S/C23H29ClN4O4/c1-16(17-6-5-7-18(24)14-17)25-20-15-19(8-9-21(20)28(30)31)26-10-12-27(13-11-26)22(29)32-23(2,3)4/h5-9,14-16,25H,10-13H2,1-4H3. The van der Waals surface area contributed by atoms with E-state index in [0.29, 0.717) is 36.9 Å². The highest BCUT2D eigenvalue weighted by Crippen LogP contribution is 2.33. The van der Waals surface area contributed by atoms with Crippen molar-refractivity contribution in [3.63, 3.8) is 0 Å². The van der Waals surface area contributed by atoms with Crippen molar-refractivity contribution in [2.45, 2.75) is 39.3 Å². The predicted octanol–water partition coefficient (Wildman–Crippen LogP) is 5.48. The molecule has 1 fully saturated rings. The van der Waals surface area contributed by atoms with Gasteiger partial charge >= 0.3 is 6.09 Å². The second-order valence-corrected chi connectivity index (χ2v) is 9.27. The molecule has 2 aromatic carbocycles. The van der Waals surface area contributed by atoms with E-state index in [4.69, 9.17) is 16.3 Å². The number of hydrogen-bond donors (Lipinski definition) is 1. The molecule has 3 rings (SSSR count). The lowest BCUT2D eigenvalue weighted by Crippen LogP contribution is -2.50. The number of nitrogens with one attached hydrogen (secondary N) is 1. The molecule has 0 saturated carbocycles.